The molecule has 2 N–H and O–H groups in total. The highest BCUT2D eigenvalue weighted by atomic mass is 16.6. The van der Waals surface area contributed by atoms with Crippen LogP contribution in [0.5, 0.6) is 0 Å². The second-order valence-electron chi connectivity index (χ2n) is 7.15. The molecule has 130 valence electrons. The van der Waals surface area contributed by atoms with Crippen LogP contribution in [0.4, 0.5) is 5.69 Å². The first-order valence-electron chi connectivity index (χ1n) is 8.27. The van der Waals surface area contributed by atoms with Gasteiger partial charge in [0.2, 0.25) is 0 Å². The fourth-order valence-electron chi connectivity index (χ4n) is 2.93. The third-order valence-electron chi connectivity index (χ3n) is 4.29. The lowest BCUT2D eigenvalue weighted by atomic mass is 9.86. The Labute approximate surface area is 146 Å². The molecule has 0 bridgehead atoms. The van der Waals surface area contributed by atoms with Crippen LogP contribution in [0.2, 0.25) is 0 Å². The van der Waals surface area contributed by atoms with Gasteiger partial charge in [-0.3, -0.25) is 14.5 Å². The second kappa shape index (κ2) is 6.29. The minimum atomic E-state index is -0.394. The van der Waals surface area contributed by atoms with Gasteiger partial charge in [0.15, 0.2) is 0 Å². The molecule has 3 rings (SSSR count). The third kappa shape index (κ3) is 3.25. The summed E-state index contributed by atoms with van der Waals surface area (Å²) in [4.78, 5) is 15.3. The molecule has 0 unspecified atom stereocenters. The summed E-state index contributed by atoms with van der Waals surface area (Å²) in [5.74, 6) is 0. The van der Waals surface area contributed by atoms with E-state index in [1.54, 1.807) is 10.5 Å². The van der Waals surface area contributed by atoms with Crippen molar-refractivity contribution in [3.05, 3.63) is 64.0 Å². The largest absolute Gasteiger partial charge is 0.330 e. The van der Waals surface area contributed by atoms with Gasteiger partial charge in [0.05, 0.1) is 22.5 Å². The van der Waals surface area contributed by atoms with Crippen molar-refractivity contribution in [2.75, 3.05) is 6.54 Å². The molecule has 0 aliphatic carbocycles. The van der Waals surface area contributed by atoms with Crippen molar-refractivity contribution in [1.82, 2.24) is 9.38 Å². The monoisotopic (exact) mass is 338 g/mol. The second-order valence-corrected chi connectivity index (χ2v) is 7.15. The highest BCUT2D eigenvalue weighted by Gasteiger charge is 2.18. The van der Waals surface area contributed by atoms with Crippen LogP contribution in [0.15, 0.2) is 42.6 Å². The van der Waals surface area contributed by atoms with Crippen molar-refractivity contribution in [2.24, 2.45) is 5.73 Å². The van der Waals surface area contributed by atoms with E-state index in [0.717, 1.165) is 17.0 Å². The molecule has 0 atom stereocenters. The molecule has 0 radical (unpaired) electrons. The van der Waals surface area contributed by atoms with E-state index in [9.17, 15) is 10.1 Å². The summed E-state index contributed by atoms with van der Waals surface area (Å²) in [5.41, 5.74) is 10.4. The van der Waals surface area contributed by atoms with E-state index in [2.05, 4.69) is 37.9 Å². The highest BCUT2D eigenvalue weighted by Crippen LogP contribution is 2.30. The zero-order valence-electron chi connectivity index (χ0n) is 14.7. The number of pyridine rings is 1. The van der Waals surface area contributed by atoms with Gasteiger partial charge in [0.25, 0.3) is 5.69 Å². The van der Waals surface area contributed by atoms with Crippen LogP contribution in [0.1, 0.15) is 32.0 Å². The number of hydrogen-bond acceptors (Lipinski definition) is 4. The van der Waals surface area contributed by atoms with Crippen molar-refractivity contribution in [3.63, 3.8) is 0 Å². The Morgan fingerprint density at radius 3 is 2.40 bits per heavy atom. The molecule has 2 heterocycles. The molecule has 0 fully saturated rings. The van der Waals surface area contributed by atoms with Crippen LogP contribution >= 0.6 is 0 Å². The highest BCUT2D eigenvalue weighted by molar-refractivity contribution is 5.68. The lowest BCUT2D eigenvalue weighted by molar-refractivity contribution is -0.385. The number of imidazole rings is 1. The zero-order valence-corrected chi connectivity index (χ0v) is 14.7. The molecule has 1 aromatic carbocycles. The van der Waals surface area contributed by atoms with Crippen molar-refractivity contribution < 1.29 is 4.92 Å². The maximum atomic E-state index is 11.1. The molecule has 0 spiro atoms. The maximum absolute atomic E-state index is 11.1. The quantitative estimate of drug-likeness (QED) is 0.580. The van der Waals surface area contributed by atoms with Gasteiger partial charge in [-0.25, -0.2) is 4.98 Å². The lowest BCUT2D eigenvalue weighted by Crippen LogP contribution is -2.10. The summed E-state index contributed by atoms with van der Waals surface area (Å²) < 4.78 is 1.79. The van der Waals surface area contributed by atoms with E-state index in [-0.39, 0.29) is 11.1 Å². The minimum absolute atomic E-state index is 0.0387. The molecule has 0 aliphatic heterocycles. The SMILES string of the molecule is CC(C)(C)c1ccc(-c2c(CCN)nc3ccc([N+](=O)[O-])cn23)cc1. The maximum Gasteiger partial charge on any atom is 0.286 e. The summed E-state index contributed by atoms with van der Waals surface area (Å²) in [5, 5.41) is 11.1. The smallest absolute Gasteiger partial charge is 0.286 e. The van der Waals surface area contributed by atoms with Crippen molar-refractivity contribution in [3.8, 4) is 11.3 Å². The number of fused-ring (bicyclic) bond motifs is 1. The topological polar surface area (TPSA) is 86.5 Å². The Hall–Kier alpha value is -2.73. The molecule has 0 saturated heterocycles. The summed E-state index contributed by atoms with van der Waals surface area (Å²) in [6, 6.07) is 11.4. The summed E-state index contributed by atoms with van der Waals surface area (Å²) >= 11 is 0. The first-order chi connectivity index (χ1) is 11.8. The Morgan fingerprint density at radius 2 is 1.84 bits per heavy atom. The first kappa shape index (κ1) is 17.1. The van der Waals surface area contributed by atoms with Crippen molar-refractivity contribution in [2.45, 2.75) is 32.6 Å². The summed E-state index contributed by atoms with van der Waals surface area (Å²) in [7, 11) is 0. The van der Waals surface area contributed by atoms with Gasteiger partial charge >= 0.3 is 0 Å². The molecule has 6 nitrogen and oxygen atoms in total. The molecule has 6 heteroatoms. The molecular weight excluding hydrogens is 316 g/mol. The molecular formula is C19H22N4O2. The van der Waals surface area contributed by atoms with Crippen molar-refractivity contribution in [1.29, 1.82) is 0 Å². The Bertz CT molecular complexity index is 921. The molecule has 0 amide bonds. The number of hydrogen-bond donors (Lipinski definition) is 1. The number of rotatable bonds is 4. The van der Waals surface area contributed by atoms with E-state index in [1.807, 2.05) is 12.1 Å². The fraction of sp³-hybridized carbons (Fsp3) is 0.316. The Morgan fingerprint density at radius 1 is 1.16 bits per heavy atom. The Balaban J connectivity index is 2.19. The van der Waals surface area contributed by atoms with E-state index >= 15 is 0 Å². The minimum Gasteiger partial charge on any atom is -0.330 e. The van der Waals surface area contributed by atoms with Gasteiger partial charge in [-0.2, -0.15) is 0 Å². The van der Waals surface area contributed by atoms with E-state index in [1.165, 1.54) is 17.8 Å². The van der Waals surface area contributed by atoms with Crippen LogP contribution in [-0.4, -0.2) is 20.9 Å². The van der Waals surface area contributed by atoms with Crippen LogP contribution in [-0.2, 0) is 11.8 Å². The number of benzene rings is 1. The van der Waals surface area contributed by atoms with Crippen LogP contribution < -0.4 is 5.73 Å². The predicted octanol–water partition coefficient (Wildman–Crippen LogP) is 3.71. The molecule has 3 aromatic rings. The van der Waals surface area contributed by atoms with Gasteiger partial charge in [0.1, 0.15) is 5.65 Å². The van der Waals surface area contributed by atoms with Crippen LogP contribution in [0.3, 0.4) is 0 Å². The van der Waals surface area contributed by atoms with Gasteiger partial charge in [-0.15, -0.1) is 0 Å². The number of nitrogens with two attached hydrogens (primary N) is 1. The van der Waals surface area contributed by atoms with Crippen molar-refractivity contribution >= 4 is 11.3 Å². The number of nitro groups is 1. The van der Waals surface area contributed by atoms with Gasteiger partial charge in [0, 0.05) is 18.1 Å². The van der Waals surface area contributed by atoms with E-state index < -0.39 is 4.92 Å². The molecule has 25 heavy (non-hydrogen) atoms. The first-order valence-corrected chi connectivity index (χ1v) is 8.27. The Kier molecular flexibility index (Phi) is 4.30. The molecule has 0 aliphatic rings. The average Bonchev–Trinajstić information content (AvgIpc) is 2.91. The van der Waals surface area contributed by atoms with Gasteiger partial charge in [-0.05, 0) is 23.6 Å². The zero-order chi connectivity index (χ0) is 18.2. The predicted molar refractivity (Wildman–Crippen MR) is 98.7 cm³/mol. The molecule has 2 aromatic heterocycles. The number of nitrogens with zero attached hydrogens (tertiary/aromatic N) is 3. The van der Waals surface area contributed by atoms with Gasteiger partial charge in [-0.1, -0.05) is 45.0 Å². The van der Waals surface area contributed by atoms with E-state index in [4.69, 9.17) is 5.73 Å². The lowest BCUT2D eigenvalue weighted by Gasteiger charge is -2.19. The summed E-state index contributed by atoms with van der Waals surface area (Å²) in [6.07, 6.45) is 2.14. The summed E-state index contributed by atoms with van der Waals surface area (Å²) in [6.45, 7) is 6.97. The third-order valence-corrected chi connectivity index (χ3v) is 4.29. The fourth-order valence-corrected chi connectivity index (χ4v) is 2.93. The van der Waals surface area contributed by atoms with Crippen LogP contribution in [0, 0.1) is 10.1 Å². The molecule has 0 saturated carbocycles. The van der Waals surface area contributed by atoms with Crippen LogP contribution in [0.25, 0.3) is 16.9 Å². The van der Waals surface area contributed by atoms with Gasteiger partial charge < -0.3 is 5.73 Å². The number of aromatic nitrogens is 2. The normalized spacial score (nSPS) is 11.8. The average molecular weight is 338 g/mol. The standard InChI is InChI=1S/C19H22N4O2/c1-19(2,3)14-6-4-13(5-7-14)18-16(10-11-20)21-17-9-8-15(23(24)25)12-22(17)18/h4-9,12H,10-11,20H2,1-3H3. The van der Waals surface area contributed by atoms with E-state index in [0.29, 0.717) is 18.6 Å².